The average Bonchev–Trinajstić information content (AvgIpc) is 2.77. The van der Waals surface area contributed by atoms with Crippen molar-refractivity contribution < 1.29 is 14.3 Å². The Bertz CT molecular complexity index is 667. The minimum Gasteiger partial charge on any atom is -0.478 e. The fourth-order valence-corrected chi connectivity index (χ4v) is 2.63. The van der Waals surface area contributed by atoms with Crippen LogP contribution in [0, 0.1) is 6.92 Å². The van der Waals surface area contributed by atoms with Crippen LogP contribution < -0.4 is 5.32 Å². The second kappa shape index (κ2) is 6.52. The van der Waals surface area contributed by atoms with Crippen LogP contribution in [-0.2, 0) is 6.54 Å². The summed E-state index contributed by atoms with van der Waals surface area (Å²) < 4.78 is 5.41. The van der Waals surface area contributed by atoms with Crippen LogP contribution in [0.2, 0.25) is 10.0 Å². The Morgan fingerprint density at radius 1 is 1.38 bits per heavy atom. The molecule has 1 aromatic carbocycles. The Balaban J connectivity index is 2.05. The number of nitrogens with one attached hydrogen (secondary N) is 1. The van der Waals surface area contributed by atoms with Crippen LogP contribution in [-0.4, -0.2) is 11.1 Å². The summed E-state index contributed by atoms with van der Waals surface area (Å²) in [5, 5.41) is 13.4. The van der Waals surface area contributed by atoms with Gasteiger partial charge in [-0.3, -0.25) is 0 Å². The maximum absolute atomic E-state index is 11.0. The summed E-state index contributed by atoms with van der Waals surface area (Å²) in [6, 6.07) is 6.84. The molecule has 0 amide bonds. The molecular weight excluding hydrogens is 313 g/mol. The average molecular weight is 328 g/mol. The molecule has 0 aliphatic heterocycles. The molecule has 2 rings (SSSR count). The third-order valence-corrected chi connectivity index (χ3v) is 3.77. The van der Waals surface area contributed by atoms with Gasteiger partial charge in [0, 0.05) is 16.1 Å². The molecule has 112 valence electrons. The molecule has 0 bridgehead atoms. The van der Waals surface area contributed by atoms with E-state index in [0.717, 1.165) is 5.56 Å². The van der Waals surface area contributed by atoms with Crippen LogP contribution in [0.4, 0.5) is 0 Å². The van der Waals surface area contributed by atoms with Gasteiger partial charge in [0.1, 0.15) is 17.1 Å². The molecule has 0 saturated carbocycles. The van der Waals surface area contributed by atoms with Gasteiger partial charge in [-0.1, -0.05) is 29.3 Å². The number of aryl methyl sites for hydroxylation is 1. The highest BCUT2D eigenvalue weighted by Gasteiger charge is 2.15. The highest BCUT2D eigenvalue weighted by molar-refractivity contribution is 6.35. The fraction of sp³-hybridized carbons (Fsp3) is 0.267. The highest BCUT2D eigenvalue weighted by atomic mass is 35.5. The van der Waals surface area contributed by atoms with Gasteiger partial charge in [-0.2, -0.15) is 0 Å². The molecule has 0 saturated heterocycles. The first-order chi connectivity index (χ1) is 9.88. The second-order valence-corrected chi connectivity index (χ2v) is 5.60. The lowest BCUT2D eigenvalue weighted by atomic mass is 10.1. The van der Waals surface area contributed by atoms with E-state index in [1.54, 1.807) is 19.1 Å². The van der Waals surface area contributed by atoms with E-state index in [4.69, 9.17) is 32.7 Å². The molecule has 0 spiro atoms. The topological polar surface area (TPSA) is 62.5 Å². The zero-order valence-corrected chi connectivity index (χ0v) is 13.1. The van der Waals surface area contributed by atoms with Crippen molar-refractivity contribution in [3.05, 3.63) is 57.0 Å². The summed E-state index contributed by atoms with van der Waals surface area (Å²) in [6.07, 6.45) is 0. The number of benzene rings is 1. The molecule has 1 heterocycles. The number of furan rings is 1. The fourth-order valence-electron chi connectivity index (χ4n) is 2.06. The van der Waals surface area contributed by atoms with Crippen LogP contribution in [0.3, 0.4) is 0 Å². The Morgan fingerprint density at radius 3 is 2.67 bits per heavy atom. The molecule has 0 radical (unpaired) electrons. The summed E-state index contributed by atoms with van der Waals surface area (Å²) in [5.41, 5.74) is 1.10. The molecule has 6 heteroatoms. The van der Waals surface area contributed by atoms with Crippen molar-refractivity contribution in [1.29, 1.82) is 0 Å². The molecule has 4 nitrogen and oxygen atoms in total. The number of carbonyl (C=O) groups is 1. The summed E-state index contributed by atoms with van der Waals surface area (Å²) in [5.74, 6) is -0.0189. The summed E-state index contributed by atoms with van der Waals surface area (Å²) >= 11 is 12.0. The lowest BCUT2D eigenvalue weighted by Gasteiger charge is -2.15. The van der Waals surface area contributed by atoms with Gasteiger partial charge < -0.3 is 14.8 Å². The van der Waals surface area contributed by atoms with Gasteiger partial charge >= 0.3 is 5.97 Å². The first kappa shape index (κ1) is 15.9. The number of carboxylic acids is 1. The molecule has 2 aromatic rings. The minimum atomic E-state index is -0.990. The van der Waals surface area contributed by atoms with E-state index in [0.29, 0.717) is 28.1 Å². The van der Waals surface area contributed by atoms with Crippen molar-refractivity contribution >= 4 is 29.2 Å². The van der Waals surface area contributed by atoms with Gasteiger partial charge in [-0.15, -0.1) is 0 Å². The van der Waals surface area contributed by atoms with Crippen molar-refractivity contribution in [2.45, 2.75) is 26.4 Å². The third-order valence-electron chi connectivity index (χ3n) is 3.21. The Kier molecular flexibility index (Phi) is 4.93. The molecule has 1 aromatic heterocycles. The maximum atomic E-state index is 11.0. The van der Waals surface area contributed by atoms with Crippen molar-refractivity contribution in [2.75, 3.05) is 0 Å². The molecule has 0 aliphatic rings. The molecule has 21 heavy (non-hydrogen) atoms. The predicted octanol–water partition coefficient (Wildman–Crippen LogP) is 4.44. The van der Waals surface area contributed by atoms with Crippen LogP contribution in [0.25, 0.3) is 0 Å². The van der Waals surface area contributed by atoms with E-state index < -0.39 is 5.97 Å². The van der Waals surface area contributed by atoms with Gasteiger partial charge in [0.05, 0.1) is 6.54 Å². The van der Waals surface area contributed by atoms with Crippen molar-refractivity contribution in [2.24, 2.45) is 0 Å². The molecule has 1 atom stereocenters. The van der Waals surface area contributed by atoms with Crippen LogP contribution >= 0.6 is 23.2 Å². The van der Waals surface area contributed by atoms with Crippen LogP contribution in [0.1, 0.15) is 40.4 Å². The third kappa shape index (κ3) is 3.79. The van der Waals surface area contributed by atoms with E-state index in [1.807, 2.05) is 13.0 Å². The van der Waals surface area contributed by atoms with Gasteiger partial charge in [0.25, 0.3) is 0 Å². The standard InChI is InChI=1S/C15H15Cl2NO3/c1-8(12-4-3-10(16)5-14(12)17)18-7-11-6-13(15(19)20)9(2)21-11/h3-6,8,18H,7H2,1-2H3,(H,19,20). The first-order valence-corrected chi connectivity index (χ1v) is 7.15. The number of halogens is 2. The quantitative estimate of drug-likeness (QED) is 0.851. The normalized spacial score (nSPS) is 12.4. The van der Waals surface area contributed by atoms with Gasteiger partial charge in [0.2, 0.25) is 0 Å². The number of carboxylic acid groups (broad SMARTS) is 1. The SMILES string of the molecule is Cc1oc(CNC(C)c2ccc(Cl)cc2Cl)cc1C(=O)O. The molecule has 0 aliphatic carbocycles. The smallest absolute Gasteiger partial charge is 0.339 e. The zero-order chi connectivity index (χ0) is 15.6. The Morgan fingerprint density at radius 2 is 2.10 bits per heavy atom. The maximum Gasteiger partial charge on any atom is 0.339 e. The van der Waals surface area contributed by atoms with Crippen molar-refractivity contribution in [3.8, 4) is 0 Å². The van der Waals surface area contributed by atoms with Crippen LogP contribution in [0.5, 0.6) is 0 Å². The van der Waals surface area contributed by atoms with E-state index in [-0.39, 0.29) is 11.6 Å². The monoisotopic (exact) mass is 327 g/mol. The van der Waals surface area contributed by atoms with Crippen molar-refractivity contribution in [1.82, 2.24) is 5.32 Å². The summed E-state index contributed by atoms with van der Waals surface area (Å²) in [6.45, 7) is 4.00. The van der Waals surface area contributed by atoms with Gasteiger partial charge in [0.15, 0.2) is 0 Å². The molecular formula is C15H15Cl2NO3. The minimum absolute atomic E-state index is 0.0200. The lowest BCUT2D eigenvalue weighted by Crippen LogP contribution is -2.18. The molecule has 2 N–H and O–H groups in total. The van der Waals surface area contributed by atoms with E-state index in [2.05, 4.69) is 5.32 Å². The van der Waals surface area contributed by atoms with Crippen LogP contribution in [0.15, 0.2) is 28.7 Å². The highest BCUT2D eigenvalue weighted by Crippen LogP contribution is 2.26. The second-order valence-electron chi connectivity index (χ2n) is 4.76. The van der Waals surface area contributed by atoms with E-state index in [9.17, 15) is 4.79 Å². The zero-order valence-electron chi connectivity index (χ0n) is 11.6. The number of aromatic carboxylic acids is 1. The molecule has 0 fully saturated rings. The lowest BCUT2D eigenvalue weighted by molar-refractivity contribution is 0.0695. The van der Waals surface area contributed by atoms with Crippen molar-refractivity contribution in [3.63, 3.8) is 0 Å². The largest absolute Gasteiger partial charge is 0.478 e. The summed E-state index contributed by atoms with van der Waals surface area (Å²) in [4.78, 5) is 11.0. The van der Waals surface area contributed by atoms with Gasteiger partial charge in [-0.05, 0) is 37.6 Å². The first-order valence-electron chi connectivity index (χ1n) is 6.39. The Labute approximate surface area is 132 Å². The molecule has 1 unspecified atom stereocenters. The van der Waals surface area contributed by atoms with E-state index in [1.165, 1.54) is 6.07 Å². The predicted molar refractivity (Wildman–Crippen MR) is 82.1 cm³/mol. The number of rotatable bonds is 5. The van der Waals surface area contributed by atoms with E-state index >= 15 is 0 Å². The van der Waals surface area contributed by atoms with Gasteiger partial charge in [-0.25, -0.2) is 4.79 Å². The summed E-state index contributed by atoms with van der Waals surface area (Å²) in [7, 11) is 0. The number of hydrogen-bond acceptors (Lipinski definition) is 3. The number of hydrogen-bond donors (Lipinski definition) is 2. The Hall–Kier alpha value is -1.49.